The average Bonchev–Trinajstić information content (AvgIpc) is 2.96. The zero-order chi connectivity index (χ0) is 13.9. The number of thiophene rings is 1. The first-order valence-electron chi connectivity index (χ1n) is 6.12. The Hall–Kier alpha value is -2.28. The molecule has 1 aliphatic heterocycles. The van der Waals surface area contributed by atoms with Gasteiger partial charge in [0.2, 0.25) is 0 Å². The molecule has 1 saturated heterocycles. The topological polar surface area (TPSA) is 75.2 Å². The maximum Gasteiger partial charge on any atom is 0.274 e. The van der Waals surface area contributed by atoms with Gasteiger partial charge in [0, 0.05) is 36.4 Å². The maximum absolute atomic E-state index is 12.0. The molecule has 3 heterocycles. The molecule has 7 heteroatoms. The van der Waals surface area contributed by atoms with E-state index in [-0.39, 0.29) is 17.9 Å². The molecule has 2 aromatic heterocycles. The molecule has 6 nitrogen and oxygen atoms in total. The van der Waals surface area contributed by atoms with Crippen molar-refractivity contribution in [2.45, 2.75) is 6.04 Å². The lowest BCUT2D eigenvalue weighted by atomic mass is 10.1. The zero-order valence-corrected chi connectivity index (χ0v) is 11.3. The highest BCUT2D eigenvalue weighted by Crippen LogP contribution is 2.13. The second-order valence-electron chi connectivity index (χ2n) is 4.48. The molecule has 0 saturated carbocycles. The Morgan fingerprint density at radius 3 is 2.85 bits per heavy atom. The lowest BCUT2D eigenvalue weighted by molar-refractivity contribution is 0.0537. The van der Waals surface area contributed by atoms with E-state index < -0.39 is 0 Å². The van der Waals surface area contributed by atoms with Gasteiger partial charge >= 0.3 is 0 Å². The molecular weight excluding hydrogens is 276 g/mol. The van der Waals surface area contributed by atoms with Crippen molar-refractivity contribution < 1.29 is 9.59 Å². The van der Waals surface area contributed by atoms with Crippen molar-refractivity contribution in [3.63, 3.8) is 0 Å². The van der Waals surface area contributed by atoms with Crippen molar-refractivity contribution in [3.8, 4) is 0 Å². The Labute approximate surface area is 119 Å². The van der Waals surface area contributed by atoms with Crippen LogP contribution in [0.2, 0.25) is 0 Å². The number of rotatable bonds is 3. The van der Waals surface area contributed by atoms with Gasteiger partial charge in [0.15, 0.2) is 0 Å². The van der Waals surface area contributed by atoms with Crippen LogP contribution in [-0.2, 0) is 0 Å². The number of likely N-dealkylation sites (tertiary alicyclic amines) is 1. The second kappa shape index (κ2) is 5.38. The lowest BCUT2D eigenvalue weighted by Gasteiger charge is -2.39. The van der Waals surface area contributed by atoms with Gasteiger partial charge in [-0.25, -0.2) is 4.98 Å². The summed E-state index contributed by atoms with van der Waals surface area (Å²) in [5.41, 5.74) is 0.990. The molecule has 1 aliphatic rings. The van der Waals surface area contributed by atoms with E-state index in [4.69, 9.17) is 0 Å². The van der Waals surface area contributed by atoms with Gasteiger partial charge in [0.25, 0.3) is 11.8 Å². The summed E-state index contributed by atoms with van der Waals surface area (Å²) in [6.07, 6.45) is 4.46. The van der Waals surface area contributed by atoms with E-state index in [1.807, 2.05) is 5.38 Å². The summed E-state index contributed by atoms with van der Waals surface area (Å²) in [5.74, 6) is -0.248. The quantitative estimate of drug-likeness (QED) is 0.906. The van der Waals surface area contributed by atoms with Crippen molar-refractivity contribution in [2.24, 2.45) is 0 Å². The molecule has 0 aromatic carbocycles. The molecule has 0 bridgehead atoms. The highest BCUT2D eigenvalue weighted by Gasteiger charge is 2.32. The van der Waals surface area contributed by atoms with Crippen molar-refractivity contribution >= 4 is 23.2 Å². The number of carbonyl (C=O) groups excluding carboxylic acids is 2. The number of nitrogens with one attached hydrogen (secondary N) is 1. The van der Waals surface area contributed by atoms with Gasteiger partial charge in [-0.1, -0.05) is 0 Å². The molecule has 1 fully saturated rings. The van der Waals surface area contributed by atoms with Crippen molar-refractivity contribution in [2.75, 3.05) is 13.1 Å². The van der Waals surface area contributed by atoms with Crippen LogP contribution in [0.1, 0.15) is 20.8 Å². The Morgan fingerprint density at radius 1 is 1.35 bits per heavy atom. The van der Waals surface area contributed by atoms with Crippen LogP contribution in [0.5, 0.6) is 0 Å². The largest absolute Gasteiger partial charge is 0.346 e. The Balaban J connectivity index is 1.52. The first-order valence-corrected chi connectivity index (χ1v) is 7.06. The summed E-state index contributed by atoms with van der Waals surface area (Å²) in [4.78, 5) is 33.3. The fraction of sp³-hybridized carbons (Fsp3) is 0.231. The van der Waals surface area contributed by atoms with Gasteiger partial charge in [-0.15, -0.1) is 0 Å². The summed E-state index contributed by atoms with van der Waals surface area (Å²) < 4.78 is 0. The molecule has 1 N–H and O–H groups in total. The fourth-order valence-corrected chi connectivity index (χ4v) is 2.61. The van der Waals surface area contributed by atoms with Gasteiger partial charge in [-0.3, -0.25) is 14.6 Å². The molecule has 102 valence electrons. The Kier molecular flexibility index (Phi) is 3.42. The third-order valence-electron chi connectivity index (χ3n) is 3.07. The van der Waals surface area contributed by atoms with Crippen molar-refractivity contribution in [1.29, 1.82) is 0 Å². The summed E-state index contributed by atoms with van der Waals surface area (Å²) in [7, 11) is 0. The van der Waals surface area contributed by atoms with Crippen LogP contribution in [0.25, 0.3) is 0 Å². The maximum atomic E-state index is 12.0. The molecular formula is C13H12N4O2S. The number of carbonyl (C=O) groups is 2. The second-order valence-corrected chi connectivity index (χ2v) is 5.26. The smallest absolute Gasteiger partial charge is 0.274 e. The first kappa shape index (κ1) is 12.7. The van der Waals surface area contributed by atoms with Crippen molar-refractivity contribution in [1.82, 2.24) is 20.2 Å². The van der Waals surface area contributed by atoms with E-state index in [9.17, 15) is 9.59 Å². The zero-order valence-electron chi connectivity index (χ0n) is 10.5. The van der Waals surface area contributed by atoms with E-state index >= 15 is 0 Å². The molecule has 3 rings (SSSR count). The molecule has 2 aromatic rings. The normalized spacial score (nSPS) is 14.7. The first-order chi connectivity index (χ1) is 9.74. The molecule has 0 radical (unpaired) electrons. The average molecular weight is 288 g/mol. The van der Waals surface area contributed by atoms with Crippen LogP contribution in [0.15, 0.2) is 35.4 Å². The Bertz CT molecular complexity index is 609. The van der Waals surface area contributed by atoms with Crippen LogP contribution in [-0.4, -0.2) is 45.8 Å². The molecule has 2 amide bonds. The molecule has 0 spiro atoms. The van der Waals surface area contributed by atoms with E-state index in [0.717, 1.165) is 0 Å². The van der Waals surface area contributed by atoms with Gasteiger partial charge in [-0.2, -0.15) is 11.3 Å². The van der Waals surface area contributed by atoms with Crippen LogP contribution in [0.3, 0.4) is 0 Å². The third kappa shape index (κ3) is 2.53. The van der Waals surface area contributed by atoms with E-state index in [0.29, 0.717) is 24.3 Å². The summed E-state index contributed by atoms with van der Waals surface area (Å²) in [5, 5.41) is 6.56. The third-order valence-corrected chi connectivity index (χ3v) is 3.75. The van der Waals surface area contributed by atoms with E-state index in [1.54, 1.807) is 16.3 Å². The number of aromatic nitrogens is 2. The number of hydrogen-bond acceptors (Lipinski definition) is 5. The van der Waals surface area contributed by atoms with Crippen LogP contribution >= 0.6 is 11.3 Å². The molecule has 20 heavy (non-hydrogen) atoms. The fourth-order valence-electron chi connectivity index (χ4n) is 1.97. The molecule has 0 aliphatic carbocycles. The summed E-state index contributed by atoms with van der Waals surface area (Å²) >= 11 is 1.48. The number of hydrogen-bond donors (Lipinski definition) is 1. The lowest BCUT2D eigenvalue weighted by Crippen LogP contribution is -2.61. The van der Waals surface area contributed by atoms with Gasteiger partial charge in [-0.05, 0) is 11.4 Å². The summed E-state index contributed by atoms with van der Waals surface area (Å²) in [6.45, 7) is 1.01. The van der Waals surface area contributed by atoms with E-state index in [2.05, 4.69) is 15.3 Å². The predicted molar refractivity (Wildman–Crippen MR) is 73.5 cm³/mol. The standard InChI is InChI=1S/C13H12N4O2S/c18-12(9-1-4-20-8-9)16-10-6-17(7-10)13(19)11-5-14-2-3-15-11/h1-5,8,10H,6-7H2,(H,16,18). The minimum Gasteiger partial charge on any atom is -0.346 e. The minimum atomic E-state index is -0.154. The molecule has 0 atom stereocenters. The number of nitrogens with zero attached hydrogens (tertiary/aromatic N) is 3. The van der Waals surface area contributed by atoms with Crippen molar-refractivity contribution in [3.05, 3.63) is 46.7 Å². The van der Waals surface area contributed by atoms with Gasteiger partial charge in [0.1, 0.15) is 5.69 Å². The molecule has 0 unspecified atom stereocenters. The summed E-state index contributed by atoms with van der Waals surface area (Å²) in [6, 6.07) is 1.78. The number of amides is 2. The highest BCUT2D eigenvalue weighted by molar-refractivity contribution is 7.08. The van der Waals surface area contributed by atoms with Crippen LogP contribution in [0.4, 0.5) is 0 Å². The monoisotopic (exact) mass is 288 g/mol. The van der Waals surface area contributed by atoms with E-state index in [1.165, 1.54) is 29.9 Å². The van der Waals surface area contributed by atoms with Crippen LogP contribution < -0.4 is 5.32 Å². The highest BCUT2D eigenvalue weighted by atomic mass is 32.1. The van der Waals surface area contributed by atoms with Gasteiger partial charge in [0.05, 0.1) is 12.2 Å². The predicted octanol–water partition coefficient (Wildman–Crippen LogP) is 0.792. The Morgan fingerprint density at radius 2 is 2.20 bits per heavy atom. The van der Waals surface area contributed by atoms with Crippen LogP contribution in [0, 0.1) is 0 Å². The SMILES string of the molecule is O=C(NC1CN(C(=O)c2cnccn2)C1)c1ccsc1. The van der Waals surface area contributed by atoms with Gasteiger partial charge < -0.3 is 10.2 Å². The minimum absolute atomic E-state index is 0.00280.